The van der Waals surface area contributed by atoms with E-state index in [-0.39, 0.29) is 6.10 Å². The van der Waals surface area contributed by atoms with Crippen LogP contribution in [0.2, 0.25) is 0 Å². The van der Waals surface area contributed by atoms with Crippen molar-refractivity contribution in [1.82, 2.24) is 0 Å². The Hall–Kier alpha value is -0.860. The van der Waals surface area contributed by atoms with Gasteiger partial charge in [-0.1, -0.05) is 17.7 Å². The minimum atomic E-state index is -0.220. The first kappa shape index (κ1) is 15.5. The van der Waals surface area contributed by atoms with Crippen LogP contribution >= 0.6 is 0 Å². The molecule has 1 N–H and O–H groups in total. The molecule has 1 fully saturated rings. The molecule has 1 aliphatic rings. The van der Waals surface area contributed by atoms with Gasteiger partial charge < -0.3 is 9.84 Å². The van der Waals surface area contributed by atoms with Crippen LogP contribution in [0.3, 0.4) is 0 Å². The maximum atomic E-state index is 10.3. The van der Waals surface area contributed by atoms with Crippen molar-refractivity contribution >= 4 is 0 Å². The van der Waals surface area contributed by atoms with E-state index in [1.807, 2.05) is 6.92 Å². The van der Waals surface area contributed by atoms with Gasteiger partial charge in [0.05, 0.1) is 12.2 Å². The zero-order valence-electron chi connectivity index (χ0n) is 13.3. The average Bonchev–Trinajstić information content (AvgIpc) is 2.31. The number of benzene rings is 1. The molecule has 1 aromatic rings. The molecule has 1 saturated carbocycles. The van der Waals surface area contributed by atoms with E-state index in [1.165, 1.54) is 22.3 Å². The Bertz CT molecular complexity index is 424. The van der Waals surface area contributed by atoms with E-state index in [4.69, 9.17) is 4.74 Å². The first-order valence-electron chi connectivity index (χ1n) is 7.86. The fourth-order valence-corrected chi connectivity index (χ4v) is 3.47. The summed E-state index contributed by atoms with van der Waals surface area (Å²) in [6.07, 6.45) is 4.17. The van der Waals surface area contributed by atoms with Crippen LogP contribution in [0, 0.1) is 26.7 Å². The van der Waals surface area contributed by atoms with Crippen LogP contribution in [0.25, 0.3) is 0 Å². The summed E-state index contributed by atoms with van der Waals surface area (Å²) in [5.41, 5.74) is 5.24. The molecule has 0 radical (unpaired) electrons. The van der Waals surface area contributed by atoms with Gasteiger partial charge in [0.1, 0.15) is 0 Å². The Morgan fingerprint density at radius 2 is 1.80 bits per heavy atom. The third-order valence-corrected chi connectivity index (χ3v) is 4.48. The summed E-state index contributed by atoms with van der Waals surface area (Å²) in [5, 5.41) is 10.3. The lowest BCUT2D eigenvalue weighted by molar-refractivity contribution is -0.0375. The largest absolute Gasteiger partial charge is 0.393 e. The topological polar surface area (TPSA) is 29.5 Å². The Kier molecular flexibility index (Phi) is 5.22. The van der Waals surface area contributed by atoms with Crippen molar-refractivity contribution in [3.63, 3.8) is 0 Å². The molecule has 1 unspecified atom stereocenters. The standard InChI is InChI=1S/C18H28O2/c1-5-20-17-9-15(10-17)8-16(19)11-18-13(3)6-12(2)7-14(18)4/h6-7,15-17,19H,5,8-11H2,1-4H3. The molecule has 2 nitrogen and oxygen atoms in total. The van der Waals surface area contributed by atoms with Gasteiger partial charge in [0.15, 0.2) is 0 Å². The second-order valence-corrected chi connectivity index (χ2v) is 6.39. The molecular weight excluding hydrogens is 248 g/mol. The monoisotopic (exact) mass is 276 g/mol. The smallest absolute Gasteiger partial charge is 0.0583 e. The van der Waals surface area contributed by atoms with Crippen LogP contribution < -0.4 is 0 Å². The number of aliphatic hydroxyl groups excluding tert-OH is 1. The molecule has 0 aromatic heterocycles. The van der Waals surface area contributed by atoms with Gasteiger partial charge in [0, 0.05) is 6.61 Å². The first-order chi connectivity index (χ1) is 9.49. The van der Waals surface area contributed by atoms with Crippen molar-refractivity contribution in [2.75, 3.05) is 6.61 Å². The van der Waals surface area contributed by atoms with Gasteiger partial charge in [-0.25, -0.2) is 0 Å². The molecule has 1 aliphatic carbocycles. The first-order valence-corrected chi connectivity index (χ1v) is 7.86. The Morgan fingerprint density at radius 1 is 1.20 bits per heavy atom. The van der Waals surface area contributed by atoms with E-state index in [2.05, 4.69) is 32.9 Å². The molecule has 20 heavy (non-hydrogen) atoms. The lowest BCUT2D eigenvalue weighted by Gasteiger charge is -2.36. The zero-order valence-corrected chi connectivity index (χ0v) is 13.3. The summed E-state index contributed by atoms with van der Waals surface area (Å²) >= 11 is 0. The van der Waals surface area contributed by atoms with Gasteiger partial charge in [-0.15, -0.1) is 0 Å². The van der Waals surface area contributed by atoms with Crippen molar-refractivity contribution in [2.45, 2.75) is 65.6 Å². The van der Waals surface area contributed by atoms with Crippen molar-refractivity contribution in [2.24, 2.45) is 5.92 Å². The van der Waals surface area contributed by atoms with E-state index >= 15 is 0 Å². The van der Waals surface area contributed by atoms with Crippen molar-refractivity contribution < 1.29 is 9.84 Å². The molecule has 2 heteroatoms. The van der Waals surface area contributed by atoms with Crippen LogP contribution in [-0.4, -0.2) is 23.9 Å². The minimum absolute atomic E-state index is 0.220. The summed E-state index contributed by atoms with van der Waals surface area (Å²) in [6, 6.07) is 4.42. The summed E-state index contributed by atoms with van der Waals surface area (Å²) in [7, 11) is 0. The highest BCUT2D eigenvalue weighted by Crippen LogP contribution is 2.34. The average molecular weight is 276 g/mol. The van der Waals surface area contributed by atoms with Gasteiger partial charge in [-0.2, -0.15) is 0 Å². The number of aryl methyl sites for hydroxylation is 3. The van der Waals surface area contributed by atoms with Gasteiger partial charge in [0.2, 0.25) is 0 Å². The molecular formula is C18H28O2. The van der Waals surface area contributed by atoms with E-state index in [9.17, 15) is 5.11 Å². The van der Waals surface area contributed by atoms with Crippen molar-refractivity contribution in [1.29, 1.82) is 0 Å². The number of hydrogen-bond donors (Lipinski definition) is 1. The van der Waals surface area contributed by atoms with Crippen molar-refractivity contribution in [3.8, 4) is 0 Å². The lowest BCUT2D eigenvalue weighted by Crippen LogP contribution is -2.34. The quantitative estimate of drug-likeness (QED) is 0.858. The normalized spacial score (nSPS) is 23.4. The predicted octanol–water partition coefficient (Wildman–Crippen LogP) is 3.72. The Labute approximate surface area is 123 Å². The fraction of sp³-hybridized carbons (Fsp3) is 0.667. The van der Waals surface area contributed by atoms with E-state index in [0.29, 0.717) is 12.0 Å². The van der Waals surface area contributed by atoms with Gasteiger partial charge in [-0.3, -0.25) is 0 Å². The van der Waals surface area contributed by atoms with E-state index in [0.717, 1.165) is 32.3 Å². The number of hydrogen-bond acceptors (Lipinski definition) is 2. The second kappa shape index (κ2) is 6.73. The molecule has 112 valence electrons. The third-order valence-electron chi connectivity index (χ3n) is 4.48. The van der Waals surface area contributed by atoms with Gasteiger partial charge in [-0.05, 0) is 76.0 Å². The number of aliphatic hydroxyl groups is 1. The molecule has 0 spiro atoms. The van der Waals surface area contributed by atoms with Crippen molar-refractivity contribution in [3.05, 3.63) is 34.4 Å². The van der Waals surface area contributed by atoms with Gasteiger partial charge >= 0.3 is 0 Å². The molecule has 0 saturated heterocycles. The zero-order chi connectivity index (χ0) is 14.7. The van der Waals surface area contributed by atoms with Crippen LogP contribution in [0.4, 0.5) is 0 Å². The highest BCUT2D eigenvalue weighted by molar-refractivity contribution is 5.37. The fourth-order valence-electron chi connectivity index (χ4n) is 3.47. The van der Waals surface area contributed by atoms with Crippen LogP contribution in [0.5, 0.6) is 0 Å². The Balaban J connectivity index is 1.85. The molecule has 0 amide bonds. The van der Waals surface area contributed by atoms with E-state index < -0.39 is 0 Å². The molecule has 2 rings (SSSR count). The molecule has 1 aromatic carbocycles. The molecule has 0 heterocycles. The van der Waals surface area contributed by atoms with Gasteiger partial charge in [0.25, 0.3) is 0 Å². The maximum absolute atomic E-state index is 10.3. The predicted molar refractivity (Wildman–Crippen MR) is 83.1 cm³/mol. The summed E-state index contributed by atoms with van der Waals surface area (Å²) in [4.78, 5) is 0. The number of ether oxygens (including phenoxy) is 1. The molecule has 1 atom stereocenters. The van der Waals surface area contributed by atoms with E-state index in [1.54, 1.807) is 0 Å². The van der Waals surface area contributed by atoms with Crippen LogP contribution in [0.1, 0.15) is 48.4 Å². The maximum Gasteiger partial charge on any atom is 0.0583 e. The Morgan fingerprint density at radius 3 is 2.35 bits per heavy atom. The highest BCUT2D eigenvalue weighted by Gasteiger charge is 2.31. The molecule has 0 aliphatic heterocycles. The summed E-state index contributed by atoms with van der Waals surface area (Å²) in [6.45, 7) is 9.28. The highest BCUT2D eigenvalue weighted by atomic mass is 16.5. The summed E-state index contributed by atoms with van der Waals surface area (Å²) < 4.78 is 5.58. The SMILES string of the molecule is CCOC1CC(CC(O)Cc2c(C)cc(C)cc2C)C1. The molecule has 0 bridgehead atoms. The minimum Gasteiger partial charge on any atom is -0.393 e. The summed E-state index contributed by atoms with van der Waals surface area (Å²) in [5.74, 6) is 0.646. The second-order valence-electron chi connectivity index (χ2n) is 6.39. The number of rotatable bonds is 6. The lowest BCUT2D eigenvalue weighted by atomic mass is 9.77. The van der Waals surface area contributed by atoms with Crippen LogP contribution in [0.15, 0.2) is 12.1 Å². The third kappa shape index (κ3) is 3.83. The van der Waals surface area contributed by atoms with Crippen LogP contribution in [-0.2, 0) is 11.2 Å².